The lowest BCUT2D eigenvalue weighted by molar-refractivity contribution is 0.0172. The van der Waals surface area contributed by atoms with E-state index in [4.69, 9.17) is 0 Å². The Kier molecular flexibility index (Phi) is 2.73. The van der Waals surface area contributed by atoms with Crippen LogP contribution in [0.2, 0.25) is 0 Å². The van der Waals surface area contributed by atoms with E-state index in [1.165, 1.54) is 4.90 Å². The first-order chi connectivity index (χ1) is 7.25. The van der Waals surface area contributed by atoms with Crippen molar-refractivity contribution < 1.29 is 9.90 Å². The number of amides is 1. The highest BCUT2D eigenvalue weighted by Crippen LogP contribution is 2.31. The Morgan fingerprint density at radius 1 is 1.40 bits per heavy atom. The third-order valence-electron chi connectivity index (χ3n) is 2.78. The molecule has 0 unspecified atom stereocenters. The van der Waals surface area contributed by atoms with Crippen molar-refractivity contribution in [2.75, 3.05) is 6.54 Å². The van der Waals surface area contributed by atoms with E-state index in [-0.39, 0.29) is 5.91 Å². The molecule has 1 aliphatic rings. The maximum atomic E-state index is 11.9. The van der Waals surface area contributed by atoms with Crippen LogP contribution in [0.25, 0.3) is 0 Å². The Morgan fingerprint density at radius 2 is 2.13 bits per heavy atom. The van der Waals surface area contributed by atoms with Crippen molar-refractivity contribution in [2.45, 2.75) is 26.0 Å². The van der Waals surface area contributed by atoms with Crippen LogP contribution in [0, 0.1) is 0 Å². The number of hydrogen-bond donors (Lipinski definition) is 1. The number of nitrogens with zero attached hydrogens (tertiary/aromatic N) is 1. The zero-order chi connectivity index (χ0) is 10.8. The van der Waals surface area contributed by atoms with Gasteiger partial charge < -0.3 is 10.0 Å². The number of hydrogen-bond acceptors (Lipinski definition) is 2. The molecular weight excluding hydrogens is 190 g/mol. The van der Waals surface area contributed by atoms with Crippen LogP contribution in [0.4, 0.5) is 0 Å². The van der Waals surface area contributed by atoms with E-state index in [1.807, 2.05) is 18.2 Å². The van der Waals surface area contributed by atoms with Gasteiger partial charge in [-0.25, -0.2) is 0 Å². The van der Waals surface area contributed by atoms with Gasteiger partial charge in [-0.1, -0.05) is 31.5 Å². The van der Waals surface area contributed by atoms with E-state index in [2.05, 4.69) is 6.92 Å². The minimum absolute atomic E-state index is 0.0495. The van der Waals surface area contributed by atoms with Crippen LogP contribution in [-0.2, 0) is 0 Å². The number of fused-ring (bicyclic) bond motifs is 1. The molecule has 0 bridgehead atoms. The maximum Gasteiger partial charge on any atom is 0.256 e. The number of rotatable bonds is 3. The van der Waals surface area contributed by atoms with Crippen molar-refractivity contribution in [3.8, 4) is 0 Å². The van der Waals surface area contributed by atoms with Crippen LogP contribution in [0.5, 0.6) is 0 Å². The zero-order valence-corrected chi connectivity index (χ0v) is 8.81. The van der Waals surface area contributed by atoms with Crippen molar-refractivity contribution in [1.29, 1.82) is 0 Å². The molecule has 0 saturated heterocycles. The van der Waals surface area contributed by atoms with E-state index in [0.717, 1.165) is 18.4 Å². The first-order valence-electron chi connectivity index (χ1n) is 5.33. The molecule has 15 heavy (non-hydrogen) atoms. The summed E-state index contributed by atoms with van der Waals surface area (Å²) in [6, 6.07) is 7.25. The van der Waals surface area contributed by atoms with E-state index < -0.39 is 6.23 Å². The molecule has 1 atom stereocenters. The fraction of sp³-hybridized carbons (Fsp3) is 0.417. The molecule has 1 amide bonds. The van der Waals surface area contributed by atoms with Crippen molar-refractivity contribution in [3.05, 3.63) is 35.4 Å². The van der Waals surface area contributed by atoms with Crippen LogP contribution in [0.15, 0.2) is 24.3 Å². The van der Waals surface area contributed by atoms with Crippen LogP contribution >= 0.6 is 0 Å². The van der Waals surface area contributed by atoms with E-state index in [1.54, 1.807) is 6.07 Å². The topological polar surface area (TPSA) is 40.5 Å². The monoisotopic (exact) mass is 205 g/mol. The van der Waals surface area contributed by atoms with Crippen LogP contribution in [0.3, 0.4) is 0 Å². The van der Waals surface area contributed by atoms with Crippen molar-refractivity contribution in [3.63, 3.8) is 0 Å². The first kappa shape index (κ1) is 10.2. The van der Waals surface area contributed by atoms with Gasteiger partial charge >= 0.3 is 0 Å². The molecule has 3 nitrogen and oxygen atoms in total. The largest absolute Gasteiger partial charge is 0.369 e. The number of unbranched alkanes of at least 4 members (excludes halogenated alkanes) is 1. The Balaban J connectivity index is 2.25. The maximum absolute atomic E-state index is 11.9. The van der Waals surface area contributed by atoms with Crippen LogP contribution in [0.1, 0.15) is 41.9 Å². The van der Waals surface area contributed by atoms with Crippen LogP contribution < -0.4 is 0 Å². The molecule has 0 saturated carbocycles. The molecule has 1 aromatic rings. The second kappa shape index (κ2) is 4.03. The average molecular weight is 205 g/mol. The third-order valence-corrected chi connectivity index (χ3v) is 2.78. The summed E-state index contributed by atoms with van der Waals surface area (Å²) in [6.45, 7) is 2.70. The van der Waals surface area contributed by atoms with Gasteiger partial charge in [0.15, 0.2) is 6.23 Å². The first-order valence-corrected chi connectivity index (χ1v) is 5.33. The Morgan fingerprint density at radius 3 is 2.80 bits per heavy atom. The van der Waals surface area contributed by atoms with E-state index in [9.17, 15) is 9.90 Å². The Bertz CT molecular complexity index is 376. The Labute approximate surface area is 89.3 Å². The summed E-state index contributed by atoms with van der Waals surface area (Å²) in [5.41, 5.74) is 1.37. The zero-order valence-electron chi connectivity index (χ0n) is 8.81. The quantitative estimate of drug-likeness (QED) is 0.819. The van der Waals surface area contributed by atoms with Gasteiger partial charge in [0.2, 0.25) is 0 Å². The fourth-order valence-electron chi connectivity index (χ4n) is 1.90. The lowest BCUT2D eigenvalue weighted by Crippen LogP contribution is -2.28. The smallest absolute Gasteiger partial charge is 0.256 e. The van der Waals surface area contributed by atoms with Crippen molar-refractivity contribution in [2.24, 2.45) is 0 Å². The van der Waals surface area contributed by atoms with E-state index in [0.29, 0.717) is 12.1 Å². The molecule has 0 radical (unpaired) electrons. The number of aliphatic hydroxyl groups excluding tert-OH is 1. The van der Waals surface area contributed by atoms with Gasteiger partial charge in [0, 0.05) is 17.7 Å². The van der Waals surface area contributed by atoms with Crippen LogP contribution in [-0.4, -0.2) is 22.5 Å². The summed E-state index contributed by atoms with van der Waals surface area (Å²) in [5.74, 6) is -0.0495. The number of benzene rings is 1. The molecule has 0 aromatic heterocycles. The summed E-state index contributed by atoms with van der Waals surface area (Å²) in [4.78, 5) is 13.4. The molecule has 3 heteroatoms. The van der Waals surface area contributed by atoms with Gasteiger partial charge in [-0.05, 0) is 12.5 Å². The van der Waals surface area contributed by atoms with Gasteiger partial charge in [0.05, 0.1) is 0 Å². The third kappa shape index (κ3) is 1.63. The number of carbonyl (C=O) groups excluding carboxylic acids is 1. The summed E-state index contributed by atoms with van der Waals surface area (Å²) in [7, 11) is 0. The predicted molar refractivity (Wildman–Crippen MR) is 57.3 cm³/mol. The molecule has 0 spiro atoms. The average Bonchev–Trinajstić information content (AvgIpc) is 2.51. The molecule has 80 valence electrons. The van der Waals surface area contributed by atoms with Crippen molar-refractivity contribution >= 4 is 5.91 Å². The molecule has 1 N–H and O–H groups in total. The number of aliphatic hydroxyl groups is 1. The molecule has 2 rings (SSSR count). The number of carbonyl (C=O) groups is 1. The highest BCUT2D eigenvalue weighted by atomic mass is 16.3. The van der Waals surface area contributed by atoms with Gasteiger partial charge in [-0.15, -0.1) is 0 Å². The lowest BCUT2D eigenvalue weighted by atomic mass is 10.1. The SMILES string of the molecule is CCCCN1C(=O)c2ccccc2[C@@H]1O. The molecule has 1 aromatic carbocycles. The fourth-order valence-corrected chi connectivity index (χ4v) is 1.90. The van der Waals surface area contributed by atoms with Crippen molar-refractivity contribution in [1.82, 2.24) is 4.90 Å². The standard InChI is InChI=1S/C12H15NO2/c1-2-3-8-13-11(14)9-6-4-5-7-10(9)12(13)15/h4-7,11,14H,2-3,8H2,1H3/t11-/m0/s1. The lowest BCUT2D eigenvalue weighted by Gasteiger charge is -2.20. The molecule has 0 aliphatic carbocycles. The summed E-state index contributed by atoms with van der Waals surface area (Å²) in [5, 5.41) is 9.94. The van der Waals surface area contributed by atoms with E-state index >= 15 is 0 Å². The predicted octanol–water partition coefficient (Wildman–Crippen LogP) is 1.93. The molecule has 1 aliphatic heterocycles. The minimum Gasteiger partial charge on any atom is -0.369 e. The minimum atomic E-state index is -0.750. The summed E-state index contributed by atoms with van der Waals surface area (Å²) in [6.07, 6.45) is 1.20. The second-order valence-corrected chi connectivity index (χ2v) is 3.81. The highest BCUT2D eigenvalue weighted by molar-refractivity contribution is 5.98. The van der Waals surface area contributed by atoms with Gasteiger partial charge in [-0.3, -0.25) is 4.79 Å². The summed E-state index contributed by atoms with van der Waals surface area (Å²) < 4.78 is 0. The van der Waals surface area contributed by atoms with Gasteiger partial charge in [0.1, 0.15) is 0 Å². The normalized spacial score (nSPS) is 19.5. The summed E-state index contributed by atoms with van der Waals surface area (Å²) >= 11 is 0. The second-order valence-electron chi connectivity index (χ2n) is 3.81. The molecule has 0 fully saturated rings. The highest BCUT2D eigenvalue weighted by Gasteiger charge is 2.34. The molecular formula is C12H15NO2. The Hall–Kier alpha value is -1.35. The van der Waals surface area contributed by atoms with Gasteiger partial charge in [0.25, 0.3) is 5.91 Å². The molecule has 1 heterocycles. The van der Waals surface area contributed by atoms with Gasteiger partial charge in [-0.2, -0.15) is 0 Å².